The van der Waals surface area contributed by atoms with E-state index in [4.69, 9.17) is 14.4 Å². The van der Waals surface area contributed by atoms with E-state index in [1.807, 2.05) is 0 Å². The molecule has 1 atom stereocenters. The Kier molecular flexibility index (Phi) is 3.95. The number of aliphatic hydroxyl groups is 1. The van der Waals surface area contributed by atoms with E-state index < -0.39 is 19.0 Å². The van der Waals surface area contributed by atoms with Crippen LogP contribution < -0.4 is 4.74 Å². The molecule has 2 heterocycles. The fourth-order valence-corrected chi connectivity index (χ4v) is 1.26. The number of rotatable bonds is 5. The lowest BCUT2D eigenvalue weighted by atomic mass is 10.2. The number of hydrogen-bond acceptors (Lipinski definition) is 7. The highest BCUT2D eigenvalue weighted by Gasteiger charge is 2.21. The maximum absolute atomic E-state index is 12.2. The van der Waals surface area contributed by atoms with Crippen molar-refractivity contribution in [1.29, 1.82) is 0 Å². The minimum absolute atomic E-state index is 0.0968. The summed E-state index contributed by atoms with van der Waals surface area (Å²) < 4.78 is 33.9. The average Bonchev–Trinajstić information content (AvgIpc) is 2.87. The molecule has 1 N–H and O–H groups in total. The van der Waals surface area contributed by atoms with E-state index in [1.165, 1.54) is 7.11 Å². The Morgan fingerprint density at radius 1 is 1.37 bits per heavy atom. The second-order valence-corrected chi connectivity index (χ2v) is 3.58. The lowest BCUT2D eigenvalue weighted by molar-refractivity contribution is -0.00754. The van der Waals surface area contributed by atoms with Gasteiger partial charge >= 0.3 is 0 Å². The van der Waals surface area contributed by atoms with Gasteiger partial charge in [-0.25, -0.2) is 8.78 Å². The summed E-state index contributed by atoms with van der Waals surface area (Å²) in [4.78, 5) is 3.84. The maximum Gasteiger partial charge on any atom is 0.264 e. The first-order valence-electron chi connectivity index (χ1n) is 5.27. The van der Waals surface area contributed by atoms with E-state index >= 15 is 0 Å². The fraction of sp³-hybridized carbons (Fsp3) is 0.400. The smallest absolute Gasteiger partial charge is 0.264 e. The molecule has 0 aliphatic rings. The average molecular weight is 272 g/mol. The summed E-state index contributed by atoms with van der Waals surface area (Å²) in [6.45, 7) is 0. The van der Waals surface area contributed by atoms with Crippen LogP contribution in [0.25, 0.3) is 11.5 Å². The van der Waals surface area contributed by atoms with Gasteiger partial charge in [0.2, 0.25) is 17.6 Å². The highest BCUT2D eigenvalue weighted by atomic mass is 19.3. The number of alkyl halides is 2. The third kappa shape index (κ3) is 3.19. The van der Waals surface area contributed by atoms with Crippen LogP contribution in [0, 0.1) is 0 Å². The van der Waals surface area contributed by atoms with Gasteiger partial charge in [0.05, 0.1) is 13.5 Å². The van der Waals surface area contributed by atoms with Crippen LogP contribution in [-0.2, 0) is 6.42 Å². The molecule has 0 fully saturated rings. The molecular formula is C10H10F2N4O3. The van der Waals surface area contributed by atoms with Gasteiger partial charge in [0.15, 0.2) is 0 Å². The van der Waals surface area contributed by atoms with E-state index in [9.17, 15) is 8.78 Å². The van der Waals surface area contributed by atoms with Crippen LogP contribution in [0.5, 0.6) is 5.88 Å². The van der Waals surface area contributed by atoms with Crippen LogP contribution >= 0.6 is 0 Å². The fourth-order valence-electron chi connectivity index (χ4n) is 1.26. The minimum atomic E-state index is -2.86. The van der Waals surface area contributed by atoms with Crippen LogP contribution in [0.3, 0.4) is 0 Å². The van der Waals surface area contributed by atoms with Crippen molar-refractivity contribution in [3.05, 3.63) is 18.0 Å². The second kappa shape index (κ2) is 5.65. The monoisotopic (exact) mass is 272 g/mol. The van der Waals surface area contributed by atoms with Crippen LogP contribution in [0.1, 0.15) is 5.89 Å². The molecular weight excluding hydrogens is 262 g/mol. The van der Waals surface area contributed by atoms with Crippen LogP contribution in [0.4, 0.5) is 8.78 Å². The van der Waals surface area contributed by atoms with Crippen LogP contribution in [-0.4, -0.2) is 45.1 Å². The Balaban J connectivity index is 2.11. The van der Waals surface area contributed by atoms with E-state index in [1.54, 1.807) is 12.1 Å². The van der Waals surface area contributed by atoms with Gasteiger partial charge in [-0.2, -0.15) is 4.98 Å². The van der Waals surface area contributed by atoms with Gasteiger partial charge < -0.3 is 14.4 Å². The number of methoxy groups -OCH3 is 1. The molecule has 1 unspecified atom stereocenters. The van der Waals surface area contributed by atoms with Crippen LogP contribution in [0.2, 0.25) is 0 Å². The van der Waals surface area contributed by atoms with Gasteiger partial charge in [-0.1, -0.05) is 5.16 Å². The molecule has 0 aromatic carbocycles. The lowest BCUT2D eigenvalue weighted by Crippen LogP contribution is -2.20. The summed E-state index contributed by atoms with van der Waals surface area (Å²) in [6, 6.07) is 3.09. The predicted octanol–water partition coefficient (Wildman–Crippen LogP) is 0.704. The number of nitrogens with zero attached hydrogens (tertiary/aromatic N) is 4. The standard InChI is InChI=1S/C10H10F2N4O3/c1-18-7-3-2-5(14-15-7)10-13-8(19-16-10)4-6(17)9(11)12/h2-3,6,9,17H,4H2,1H3. The Hall–Kier alpha value is -2.16. The SMILES string of the molecule is COc1ccc(-c2noc(CC(O)C(F)F)n2)nn1. The van der Waals surface area contributed by atoms with Gasteiger partial charge in [-0.3, -0.25) is 0 Å². The molecule has 0 aliphatic carbocycles. The maximum atomic E-state index is 12.2. The lowest BCUT2D eigenvalue weighted by Gasteiger charge is -2.04. The van der Waals surface area contributed by atoms with Gasteiger partial charge in [-0.15, -0.1) is 10.2 Å². The van der Waals surface area contributed by atoms with Crippen molar-refractivity contribution in [1.82, 2.24) is 20.3 Å². The summed E-state index contributed by atoms with van der Waals surface area (Å²) in [6.07, 6.45) is -5.12. The zero-order valence-corrected chi connectivity index (χ0v) is 9.83. The van der Waals surface area contributed by atoms with Crippen molar-refractivity contribution in [3.63, 3.8) is 0 Å². The molecule has 0 amide bonds. The highest BCUT2D eigenvalue weighted by Crippen LogP contribution is 2.15. The van der Waals surface area contributed by atoms with E-state index in [2.05, 4.69) is 20.3 Å². The minimum Gasteiger partial charge on any atom is -0.480 e. The number of hydrogen-bond donors (Lipinski definition) is 1. The molecule has 0 saturated carbocycles. The van der Waals surface area contributed by atoms with Gasteiger partial charge in [-0.05, 0) is 6.07 Å². The number of ether oxygens (including phenoxy) is 1. The molecule has 2 aromatic rings. The quantitative estimate of drug-likeness (QED) is 0.856. The Morgan fingerprint density at radius 2 is 2.16 bits per heavy atom. The Labute approximate surface area is 106 Å². The number of aromatic nitrogens is 4. The molecule has 0 aliphatic heterocycles. The van der Waals surface area contributed by atoms with Gasteiger partial charge in [0, 0.05) is 6.07 Å². The summed E-state index contributed by atoms with van der Waals surface area (Å²) >= 11 is 0. The summed E-state index contributed by atoms with van der Waals surface area (Å²) in [5.74, 6) is 0.327. The third-order valence-electron chi connectivity index (χ3n) is 2.22. The third-order valence-corrected chi connectivity index (χ3v) is 2.22. The molecule has 0 bridgehead atoms. The van der Waals surface area contributed by atoms with Crippen molar-refractivity contribution >= 4 is 0 Å². The van der Waals surface area contributed by atoms with E-state index in [0.717, 1.165) is 0 Å². The summed E-state index contributed by atoms with van der Waals surface area (Å²) in [7, 11) is 1.45. The first kappa shape index (κ1) is 13.3. The van der Waals surface area contributed by atoms with E-state index in [-0.39, 0.29) is 11.7 Å². The van der Waals surface area contributed by atoms with Gasteiger partial charge in [0.25, 0.3) is 6.43 Å². The Morgan fingerprint density at radius 3 is 2.74 bits per heavy atom. The van der Waals surface area contributed by atoms with Crippen molar-refractivity contribution in [3.8, 4) is 17.4 Å². The first-order valence-corrected chi connectivity index (χ1v) is 5.27. The highest BCUT2D eigenvalue weighted by molar-refractivity contribution is 5.47. The van der Waals surface area contributed by atoms with Crippen LogP contribution in [0.15, 0.2) is 16.7 Å². The molecule has 0 spiro atoms. The summed E-state index contributed by atoms with van der Waals surface area (Å²) in [5.41, 5.74) is 0.308. The number of aliphatic hydroxyl groups excluding tert-OH is 1. The topological polar surface area (TPSA) is 94.2 Å². The van der Waals surface area contributed by atoms with Crippen molar-refractivity contribution in [2.75, 3.05) is 7.11 Å². The first-order chi connectivity index (χ1) is 9.10. The summed E-state index contributed by atoms with van der Waals surface area (Å²) in [5, 5.41) is 20.1. The molecule has 9 heteroatoms. The van der Waals surface area contributed by atoms with Crippen molar-refractivity contribution < 1.29 is 23.1 Å². The van der Waals surface area contributed by atoms with E-state index in [0.29, 0.717) is 11.6 Å². The molecule has 102 valence electrons. The molecule has 2 aromatic heterocycles. The molecule has 19 heavy (non-hydrogen) atoms. The normalized spacial score (nSPS) is 12.7. The molecule has 7 nitrogen and oxygen atoms in total. The zero-order chi connectivity index (χ0) is 13.8. The molecule has 0 saturated heterocycles. The molecule has 0 radical (unpaired) electrons. The van der Waals surface area contributed by atoms with Gasteiger partial charge in [0.1, 0.15) is 11.8 Å². The molecule has 2 rings (SSSR count). The zero-order valence-electron chi connectivity index (χ0n) is 9.83. The largest absolute Gasteiger partial charge is 0.480 e. The number of halogens is 2. The van der Waals surface area contributed by atoms with Crippen molar-refractivity contribution in [2.45, 2.75) is 19.0 Å². The second-order valence-electron chi connectivity index (χ2n) is 3.58. The predicted molar refractivity (Wildman–Crippen MR) is 57.6 cm³/mol. The van der Waals surface area contributed by atoms with Crippen molar-refractivity contribution in [2.24, 2.45) is 0 Å². The Bertz CT molecular complexity index is 532.